The van der Waals surface area contributed by atoms with Crippen LogP contribution in [0, 0.1) is 13.8 Å². The number of aryl methyl sites for hydroxylation is 2. The predicted molar refractivity (Wildman–Crippen MR) is 83.6 cm³/mol. The van der Waals surface area contributed by atoms with Crippen molar-refractivity contribution in [2.75, 3.05) is 5.32 Å². The fourth-order valence-corrected chi connectivity index (χ4v) is 1.97. The molecule has 3 aromatic rings. The van der Waals surface area contributed by atoms with E-state index in [2.05, 4.69) is 15.5 Å². The highest BCUT2D eigenvalue weighted by atomic mass is 16.5. The minimum atomic E-state index is -0.267. The smallest absolute Gasteiger partial charge is 0.270 e. The molecular formula is C17H15N3O2. The molecule has 0 aliphatic rings. The summed E-state index contributed by atoms with van der Waals surface area (Å²) in [4.78, 5) is 16.3. The first kappa shape index (κ1) is 14.0. The molecule has 0 aliphatic carbocycles. The maximum Gasteiger partial charge on any atom is 0.270 e. The van der Waals surface area contributed by atoms with E-state index < -0.39 is 0 Å². The summed E-state index contributed by atoms with van der Waals surface area (Å²) in [7, 11) is 0. The van der Waals surface area contributed by atoms with E-state index in [0.29, 0.717) is 11.5 Å². The zero-order valence-corrected chi connectivity index (χ0v) is 12.3. The summed E-state index contributed by atoms with van der Waals surface area (Å²) in [6, 6.07) is 15.0. The quantitative estimate of drug-likeness (QED) is 0.801. The zero-order chi connectivity index (χ0) is 15.5. The standard InChI is InChI=1S/C17H15N3O2/c1-11-3-7-13(8-4-11)15(21)18-17-19-16(22-20-17)14-9-5-12(2)6-10-14/h3-10H,1-2H3,(H,18,20,21). The van der Waals surface area contributed by atoms with E-state index in [9.17, 15) is 4.79 Å². The largest absolute Gasteiger partial charge is 0.332 e. The summed E-state index contributed by atoms with van der Waals surface area (Å²) < 4.78 is 5.17. The van der Waals surface area contributed by atoms with Crippen LogP contribution >= 0.6 is 0 Å². The van der Waals surface area contributed by atoms with Crippen molar-refractivity contribution in [1.82, 2.24) is 10.1 Å². The van der Waals surface area contributed by atoms with Gasteiger partial charge < -0.3 is 4.52 Å². The second-order valence-corrected chi connectivity index (χ2v) is 5.11. The third kappa shape index (κ3) is 3.03. The number of nitrogens with one attached hydrogen (secondary N) is 1. The molecule has 0 bridgehead atoms. The van der Waals surface area contributed by atoms with E-state index >= 15 is 0 Å². The Bertz CT molecular complexity index is 790. The van der Waals surface area contributed by atoms with Crippen LogP contribution in [-0.2, 0) is 0 Å². The number of amides is 1. The maximum atomic E-state index is 12.1. The fourth-order valence-electron chi connectivity index (χ4n) is 1.97. The molecule has 2 aromatic carbocycles. The molecule has 5 nitrogen and oxygen atoms in total. The molecule has 1 heterocycles. The Hall–Kier alpha value is -2.95. The highest BCUT2D eigenvalue weighted by Gasteiger charge is 2.12. The number of carbonyl (C=O) groups excluding carboxylic acids is 1. The Kier molecular flexibility index (Phi) is 3.70. The summed E-state index contributed by atoms with van der Waals surface area (Å²) in [5.41, 5.74) is 3.61. The number of hydrogen-bond donors (Lipinski definition) is 1. The van der Waals surface area contributed by atoms with Crippen molar-refractivity contribution in [2.45, 2.75) is 13.8 Å². The average Bonchev–Trinajstić information content (AvgIpc) is 2.97. The van der Waals surface area contributed by atoms with E-state index in [4.69, 9.17) is 4.52 Å². The second-order valence-electron chi connectivity index (χ2n) is 5.11. The van der Waals surface area contributed by atoms with Crippen LogP contribution in [0.3, 0.4) is 0 Å². The minimum Gasteiger partial charge on any atom is -0.332 e. The van der Waals surface area contributed by atoms with Gasteiger partial charge in [0.1, 0.15) is 0 Å². The van der Waals surface area contributed by atoms with Crippen molar-refractivity contribution in [3.05, 3.63) is 65.2 Å². The molecular weight excluding hydrogens is 278 g/mol. The van der Waals surface area contributed by atoms with Crippen molar-refractivity contribution in [3.8, 4) is 11.5 Å². The Balaban J connectivity index is 1.75. The summed E-state index contributed by atoms with van der Waals surface area (Å²) in [6.45, 7) is 3.97. The van der Waals surface area contributed by atoms with Crippen molar-refractivity contribution in [1.29, 1.82) is 0 Å². The van der Waals surface area contributed by atoms with Crippen LogP contribution in [-0.4, -0.2) is 16.0 Å². The third-order valence-electron chi connectivity index (χ3n) is 3.26. The molecule has 0 radical (unpaired) electrons. The van der Waals surface area contributed by atoms with E-state index in [0.717, 1.165) is 16.7 Å². The Morgan fingerprint density at radius 3 is 2.18 bits per heavy atom. The highest BCUT2D eigenvalue weighted by molar-refractivity contribution is 6.03. The third-order valence-corrected chi connectivity index (χ3v) is 3.26. The Labute approximate surface area is 128 Å². The topological polar surface area (TPSA) is 68.0 Å². The van der Waals surface area contributed by atoms with Gasteiger partial charge in [-0.25, -0.2) is 0 Å². The van der Waals surface area contributed by atoms with Gasteiger partial charge >= 0.3 is 0 Å². The van der Waals surface area contributed by atoms with Crippen molar-refractivity contribution in [2.24, 2.45) is 0 Å². The van der Waals surface area contributed by atoms with Crippen LogP contribution in [0.15, 0.2) is 53.1 Å². The molecule has 1 aromatic heterocycles. The fraction of sp³-hybridized carbons (Fsp3) is 0.118. The van der Waals surface area contributed by atoms with Crippen LogP contribution in [0.25, 0.3) is 11.5 Å². The van der Waals surface area contributed by atoms with Gasteiger partial charge in [0, 0.05) is 11.1 Å². The summed E-state index contributed by atoms with van der Waals surface area (Å²) in [5, 5.41) is 6.40. The van der Waals surface area contributed by atoms with Gasteiger partial charge in [-0.05, 0) is 43.3 Å². The number of carbonyl (C=O) groups is 1. The number of rotatable bonds is 3. The number of hydrogen-bond acceptors (Lipinski definition) is 4. The number of anilines is 1. The molecule has 3 rings (SSSR count). The van der Waals surface area contributed by atoms with Crippen LogP contribution in [0.5, 0.6) is 0 Å². The van der Waals surface area contributed by atoms with Crippen molar-refractivity contribution in [3.63, 3.8) is 0 Å². The van der Waals surface area contributed by atoms with Crippen LogP contribution < -0.4 is 5.32 Å². The first-order chi connectivity index (χ1) is 10.6. The summed E-state index contributed by atoms with van der Waals surface area (Å²) >= 11 is 0. The number of benzene rings is 2. The van der Waals surface area contributed by atoms with Crippen molar-refractivity contribution >= 4 is 11.9 Å². The SMILES string of the molecule is Cc1ccc(C(=O)Nc2noc(-c3ccc(C)cc3)n2)cc1. The van der Waals surface area contributed by atoms with Gasteiger partial charge in [-0.2, -0.15) is 4.98 Å². The summed E-state index contributed by atoms with van der Waals surface area (Å²) in [6.07, 6.45) is 0. The lowest BCUT2D eigenvalue weighted by Gasteiger charge is -2.00. The highest BCUT2D eigenvalue weighted by Crippen LogP contribution is 2.19. The van der Waals surface area contributed by atoms with Gasteiger partial charge in [-0.1, -0.05) is 35.4 Å². The molecule has 0 aliphatic heterocycles. The number of aromatic nitrogens is 2. The second kappa shape index (κ2) is 5.81. The van der Waals surface area contributed by atoms with Gasteiger partial charge in [0.2, 0.25) is 0 Å². The van der Waals surface area contributed by atoms with E-state index in [1.165, 1.54) is 0 Å². The first-order valence-corrected chi connectivity index (χ1v) is 6.90. The molecule has 0 saturated carbocycles. The monoisotopic (exact) mass is 293 g/mol. The predicted octanol–water partition coefficient (Wildman–Crippen LogP) is 3.61. The molecule has 1 amide bonds. The van der Waals surface area contributed by atoms with Crippen LogP contribution in [0.2, 0.25) is 0 Å². The molecule has 0 saturated heterocycles. The molecule has 0 atom stereocenters. The summed E-state index contributed by atoms with van der Waals surface area (Å²) in [5.74, 6) is 0.261. The first-order valence-electron chi connectivity index (χ1n) is 6.90. The molecule has 1 N–H and O–H groups in total. The normalized spacial score (nSPS) is 10.5. The van der Waals surface area contributed by atoms with Crippen LogP contribution in [0.4, 0.5) is 5.95 Å². The molecule has 0 spiro atoms. The zero-order valence-electron chi connectivity index (χ0n) is 12.3. The lowest BCUT2D eigenvalue weighted by molar-refractivity contribution is 0.102. The molecule has 0 unspecified atom stereocenters. The maximum absolute atomic E-state index is 12.1. The van der Waals surface area contributed by atoms with Crippen molar-refractivity contribution < 1.29 is 9.32 Å². The van der Waals surface area contributed by atoms with E-state index in [1.54, 1.807) is 12.1 Å². The minimum absolute atomic E-state index is 0.154. The number of nitrogens with zero attached hydrogens (tertiary/aromatic N) is 2. The van der Waals surface area contributed by atoms with Gasteiger partial charge in [0.15, 0.2) is 0 Å². The Morgan fingerprint density at radius 2 is 1.55 bits per heavy atom. The molecule has 5 heteroatoms. The van der Waals surface area contributed by atoms with E-state index in [-0.39, 0.29) is 11.9 Å². The van der Waals surface area contributed by atoms with Gasteiger partial charge in [-0.15, -0.1) is 0 Å². The lowest BCUT2D eigenvalue weighted by atomic mass is 10.1. The molecule has 22 heavy (non-hydrogen) atoms. The van der Waals surface area contributed by atoms with E-state index in [1.807, 2.05) is 50.2 Å². The van der Waals surface area contributed by atoms with Gasteiger partial charge in [0.05, 0.1) is 0 Å². The van der Waals surface area contributed by atoms with Gasteiger partial charge in [0.25, 0.3) is 17.7 Å². The Morgan fingerprint density at radius 1 is 0.955 bits per heavy atom. The molecule has 0 fully saturated rings. The van der Waals surface area contributed by atoms with Crippen LogP contribution in [0.1, 0.15) is 21.5 Å². The van der Waals surface area contributed by atoms with Gasteiger partial charge in [-0.3, -0.25) is 10.1 Å². The average molecular weight is 293 g/mol. The lowest BCUT2D eigenvalue weighted by Crippen LogP contribution is -2.12. The molecule has 110 valence electrons.